The number of anilines is 2. The highest BCUT2D eigenvalue weighted by atomic mass is 79.9. The molecule has 2 saturated heterocycles. The molecule has 0 aliphatic carbocycles. The quantitative estimate of drug-likeness (QED) is 0.216. The fourth-order valence-corrected chi connectivity index (χ4v) is 5.49. The van der Waals surface area contributed by atoms with E-state index >= 15 is 0 Å². The Kier molecular flexibility index (Phi) is 7.28. The molecule has 0 aromatic heterocycles. The largest absolute Gasteiger partial charge is 0.490 e. The number of ether oxygens (including phenoxy) is 2. The van der Waals surface area contributed by atoms with Gasteiger partial charge in [0.25, 0.3) is 5.91 Å². The van der Waals surface area contributed by atoms with Gasteiger partial charge in [-0.3, -0.25) is 14.4 Å². The van der Waals surface area contributed by atoms with Crippen LogP contribution in [0.3, 0.4) is 0 Å². The van der Waals surface area contributed by atoms with Crippen molar-refractivity contribution in [2.75, 3.05) is 16.6 Å². The van der Waals surface area contributed by atoms with E-state index in [1.807, 2.05) is 85.8 Å². The van der Waals surface area contributed by atoms with Crippen molar-refractivity contribution in [3.8, 4) is 11.5 Å². The van der Waals surface area contributed by atoms with Crippen LogP contribution in [0.1, 0.15) is 24.1 Å². The van der Waals surface area contributed by atoms with Crippen LogP contribution in [-0.2, 0) is 21.0 Å². The Balaban J connectivity index is 1.37. The lowest BCUT2D eigenvalue weighted by Crippen LogP contribution is -2.37. The minimum absolute atomic E-state index is 0.303. The van der Waals surface area contributed by atoms with Gasteiger partial charge in [-0.15, -0.1) is 0 Å². The molecule has 202 valence electrons. The van der Waals surface area contributed by atoms with Gasteiger partial charge in [-0.25, -0.2) is 9.96 Å². The molecule has 0 spiro atoms. The number of rotatable bonds is 8. The van der Waals surface area contributed by atoms with Gasteiger partial charge >= 0.3 is 0 Å². The van der Waals surface area contributed by atoms with Crippen LogP contribution in [0.25, 0.3) is 0 Å². The number of benzene rings is 4. The molecule has 2 amide bonds. The van der Waals surface area contributed by atoms with Crippen molar-refractivity contribution < 1.29 is 23.9 Å². The van der Waals surface area contributed by atoms with Gasteiger partial charge in [0.1, 0.15) is 12.5 Å². The Labute approximate surface area is 241 Å². The SMILES string of the molecule is CCOc1cc([C@H]2[C@@H]3C(=O)N(c4ccc(Br)cc4)C(=O)[C@H]3ON2c2ccccc2)ccc1OCc1ccccc1. The summed E-state index contributed by atoms with van der Waals surface area (Å²) in [5.41, 5.74) is 3.09. The first-order valence-electron chi connectivity index (χ1n) is 13.1. The molecule has 3 atom stereocenters. The van der Waals surface area contributed by atoms with Crippen LogP contribution in [0, 0.1) is 5.92 Å². The van der Waals surface area contributed by atoms with E-state index in [2.05, 4.69) is 15.9 Å². The molecular formula is C32H27BrN2O5. The number of amides is 2. The normalized spacial score (nSPS) is 20.1. The highest BCUT2D eigenvalue weighted by molar-refractivity contribution is 9.10. The summed E-state index contributed by atoms with van der Waals surface area (Å²) >= 11 is 3.41. The molecule has 2 aliphatic rings. The van der Waals surface area contributed by atoms with E-state index in [0.29, 0.717) is 30.4 Å². The molecule has 2 aliphatic heterocycles. The lowest BCUT2D eigenvalue weighted by molar-refractivity contribution is -0.126. The summed E-state index contributed by atoms with van der Waals surface area (Å²) in [7, 11) is 0. The summed E-state index contributed by atoms with van der Waals surface area (Å²) < 4.78 is 12.9. The second-order valence-electron chi connectivity index (χ2n) is 9.56. The molecule has 4 aromatic carbocycles. The van der Waals surface area contributed by atoms with Crippen molar-refractivity contribution in [2.45, 2.75) is 25.7 Å². The molecule has 40 heavy (non-hydrogen) atoms. The number of nitrogens with zero attached hydrogens (tertiary/aromatic N) is 2. The molecule has 6 rings (SSSR count). The van der Waals surface area contributed by atoms with Crippen molar-refractivity contribution in [1.29, 1.82) is 0 Å². The van der Waals surface area contributed by atoms with Crippen LogP contribution in [0.4, 0.5) is 11.4 Å². The highest BCUT2D eigenvalue weighted by Crippen LogP contribution is 2.48. The first-order valence-corrected chi connectivity index (χ1v) is 13.9. The van der Waals surface area contributed by atoms with E-state index in [-0.39, 0.29) is 11.8 Å². The standard InChI is InChI=1S/C32H27BrN2O5/c1-2-38-27-19-22(13-18-26(27)39-20-21-9-5-3-6-10-21)29-28-30(40-35(29)25-11-7-4-8-12-25)32(37)34(31(28)36)24-16-14-23(33)15-17-24/h3-19,28-30H,2,20H2,1H3/t28-,29-,30-/m0/s1. The molecule has 4 aromatic rings. The maximum atomic E-state index is 13.9. The summed E-state index contributed by atoms with van der Waals surface area (Å²) in [6.45, 7) is 2.74. The first kappa shape index (κ1) is 26.1. The zero-order chi connectivity index (χ0) is 27.6. The number of halogens is 1. The van der Waals surface area contributed by atoms with E-state index in [1.54, 1.807) is 29.3 Å². The molecule has 0 bridgehead atoms. The molecule has 0 N–H and O–H groups in total. The van der Waals surface area contributed by atoms with Gasteiger partial charge in [0.2, 0.25) is 5.91 Å². The Hall–Kier alpha value is -4.14. The van der Waals surface area contributed by atoms with Crippen LogP contribution in [0.2, 0.25) is 0 Å². The molecule has 2 fully saturated rings. The molecule has 0 unspecified atom stereocenters. The summed E-state index contributed by atoms with van der Waals surface area (Å²) in [6.07, 6.45) is -0.953. The summed E-state index contributed by atoms with van der Waals surface area (Å²) in [5, 5.41) is 1.68. The first-order chi connectivity index (χ1) is 19.5. The molecule has 0 radical (unpaired) electrons. The third kappa shape index (κ3) is 4.85. The number of carbonyl (C=O) groups is 2. The number of hydroxylamine groups is 1. The number of carbonyl (C=O) groups excluding carboxylic acids is 2. The lowest BCUT2D eigenvalue weighted by Gasteiger charge is -2.29. The van der Waals surface area contributed by atoms with Crippen molar-refractivity contribution in [3.63, 3.8) is 0 Å². The van der Waals surface area contributed by atoms with E-state index in [0.717, 1.165) is 21.3 Å². The van der Waals surface area contributed by atoms with Gasteiger partial charge in [-0.05, 0) is 66.6 Å². The van der Waals surface area contributed by atoms with Crippen LogP contribution < -0.4 is 19.4 Å². The second kappa shape index (κ2) is 11.2. The minimum Gasteiger partial charge on any atom is -0.490 e. The predicted molar refractivity (Wildman–Crippen MR) is 155 cm³/mol. The summed E-state index contributed by atoms with van der Waals surface area (Å²) in [5.74, 6) is -0.269. The fraction of sp³-hybridized carbons (Fsp3) is 0.188. The van der Waals surface area contributed by atoms with Crippen LogP contribution in [0.15, 0.2) is 108 Å². The van der Waals surface area contributed by atoms with Crippen LogP contribution in [0.5, 0.6) is 11.5 Å². The topological polar surface area (TPSA) is 68.3 Å². The van der Waals surface area contributed by atoms with Crippen molar-refractivity contribution in [2.24, 2.45) is 5.92 Å². The third-order valence-corrected chi connectivity index (χ3v) is 7.59. The average molecular weight is 599 g/mol. The Morgan fingerprint density at radius 2 is 1.48 bits per heavy atom. The van der Waals surface area contributed by atoms with Crippen LogP contribution >= 0.6 is 15.9 Å². The third-order valence-electron chi connectivity index (χ3n) is 7.06. The fourth-order valence-electron chi connectivity index (χ4n) is 5.23. The van der Waals surface area contributed by atoms with Gasteiger partial charge in [-0.2, -0.15) is 0 Å². The summed E-state index contributed by atoms with van der Waals surface area (Å²) in [4.78, 5) is 35.0. The van der Waals surface area contributed by atoms with E-state index < -0.39 is 18.1 Å². The van der Waals surface area contributed by atoms with Gasteiger partial charge < -0.3 is 9.47 Å². The summed E-state index contributed by atoms with van der Waals surface area (Å²) in [6, 6.07) is 31.6. The lowest BCUT2D eigenvalue weighted by atomic mass is 9.90. The van der Waals surface area contributed by atoms with Gasteiger partial charge in [0, 0.05) is 4.47 Å². The van der Waals surface area contributed by atoms with Crippen molar-refractivity contribution >= 4 is 39.1 Å². The number of fused-ring (bicyclic) bond motifs is 1. The highest BCUT2D eigenvalue weighted by Gasteiger charge is 2.60. The average Bonchev–Trinajstić information content (AvgIpc) is 3.49. The number of para-hydroxylation sites is 1. The number of imide groups is 1. The Morgan fingerprint density at radius 3 is 2.17 bits per heavy atom. The Bertz CT molecular complexity index is 1510. The van der Waals surface area contributed by atoms with Gasteiger partial charge in [-0.1, -0.05) is 70.5 Å². The van der Waals surface area contributed by atoms with Gasteiger partial charge in [0.05, 0.1) is 24.0 Å². The minimum atomic E-state index is -0.953. The smallest absolute Gasteiger partial charge is 0.266 e. The maximum Gasteiger partial charge on any atom is 0.266 e. The number of hydrogen-bond acceptors (Lipinski definition) is 6. The zero-order valence-electron chi connectivity index (χ0n) is 21.8. The second-order valence-corrected chi connectivity index (χ2v) is 10.5. The van der Waals surface area contributed by atoms with Crippen molar-refractivity contribution in [1.82, 2.24) is 0 Å². The van der Waals surface area contributed by atoms with Gasteiger partial charge in [0.15, 0.2) is 17.6 Å². The van der Waals surface area contributed by atoms with E-state index in [1.165, 1.54) is 4.90 Å². The zero-order valence-corrected chi connectivity index (χ0v) is 23.4. The predicted octanol–water partition coefficient (Wildman–Crippen LogP) is 6.48. The van der Waals surface area contributed by atoms with Crippen molar-refractivity contribution in [3.05, 3.63) is 119 Å². The van der Waals surface area contributed by atoms with E-state index in [9.17, 15) is 9.59 Å². The van der Waals surface area contributed by atoms with Crippen LogP contribution in [-0.4, -0.2) is 24.5 Å². The maximum absolute atomic E-state index is 13.9. The molecule has 2 heterocycles. The van der Waals surface area contributed by atoms with E-state index in [4.69, 9.17) is 14.3 Å². The number of hydrogen-bond donors (Lipinski definition) is 0. The molecule has 7 nitrogen and oxygen atoms in total. The molecule has 0 saturated carbocycles. The monoisotopic (exact) mass is 598 g/mol. The molecule has 8 heteroatoms. The Morgan fingerprint density at radius 1 is 0.775 bits per heavy atom. The molecular weight excluding hydrogens is 572 g/mol.